The predicted molar refractivity (Wildman–Crippen MR) is 146 cm³/mol. The number of Topliss-reactive ketones (excluding diaryl/α,β-unsaturated/α-hetero) is 1. The van der Waals surface area contributed by atoms with E-state index >= 15 is 0 Å². The summed E-state index contributed by atoms with van der Waals surface area (Å²) >= 11 is 0. The van der Waals surface area contributed by atoms with E-state index in [0.29, 0.717) is 29.8 Å². The number of piperidine rings is 1. The minimum atomic E-state index is 0.0174. The van der Waals surface area contributed by atoms with Crippen LogP contribution in [0, 0.1) is 35.0 Å². The largest absolute Gasteiger partial charge is 0.369 e. The van der Waals surface area contributed by atoms with E-state index in [4.69, 9.17) is 4.74 Å². The van der Waals surface area contributed by atoms with Crippen molar-refractivity contribution < 1.29 is 9.53 Å². The van der Waals surface area contributed by atoms with Gasteiger partial charge in [-0.1, -0.05) is 43.6 Å². The van der Waals surface area contributed by atoms with E-state index in [2.05, 4.69) is 57.7 Å². The van der Waals surface area contributed by atoms with Crippen molar-refractivity contribution in [2.45, 2.75) is 103 Å². The molecule has 2 aliphatic heterocycles. The van der Waals surface area contributed by atoms with Gasteiger partial charge in [-0.15, -0.1) is 0 Å². The summed E-state index contributed by atoms with van der Waals surface area (Å²) in [6.45, 7) is 13.4. The molecule has 0 N–H and O–H groups in total. The standard InChI is InChI=1S/C32H50N2O2/c1-20-15-29-30(34(19-20)14-13-33(5)6)22(3)32(36-29)12-10-25-26-8-7-23-16-24(35)9-11-31(23,4)28(26)17-27(25)21(2)18-32/h7,20,22,25-26,28-30H,8-19H2,1-6H3/t20-,22+,25-,26-,28-,29+,30-,31-,32-/m0/s1. The number of carbonyl (C=O) groups is 1. The minimum Gasteiger partial charge on any atom is -0.369 e. The molecular weight excluding hydrogens is 444 g/mol. The van der Waals surface area contributed by atoms with Crippen molar-refractivity contribution >= 4 is 5.78 Å². The second-order valence-electron chi connectivity index (χ2n) is 14.3. The zero-order chi connectivity index (χ0) is 25.4. The Morgan fingerprint density at radius 3 is 2.81 bits per heavy atom. The van der Waals surface area contributed by atoms with Gasteiger partial charge in [-0.2, -0.15) is 0 Å². The fraction of sp³-hybridized carbons (Fsp3) is 0.844. The van der Waals surface area contributed by atoms with Crippen molar-refractivity contribution in [3.05, 3.63) is 22.8 Å². The van der Waals surface area contributed by atoms with Crippen LogP contribution in [0.4, 0.5) is 0 Å². The molecule has 0 unspecified atom stereocenters. The number of nitrogens with zero attached hydrogens (tertiary/aromatic N) is 2. The van der Waals surface area contributed by atoms with Crippen LogP contribution in [0.2, 0.25) is 0 Å². The Kier molecular flexibility index (Phi) is 6.37. The van der Waals surface area contributed by atoms with Gasteiger partial charge in [0.05, 0.1) is 11.7 Å². The lowest BCUT2D eigenvalue weighted by molar-refractivity contribution is -0.121. The van der Waals surface area contributed by atoms with E-state index in [1.807, 2.05) is 0 Å². The van der Waals surface area contributed by atoms with Crippen molar-refractivity contribution in [3.8, 4) is 0 Å². The molecule has 2 heterocycles. The van der Waals surface area contributed by atoms with Crippen LogP contribution in [-0.2, 0) is 9.53 Å². The molecule has 36 heavy (non-hydrogen) atoms. The number of likely N-dealkylation sites (N-methyl/N-ethyl adjacent to an activating group) is 1. The van der Waals surface area contributed by atoms with Crippen molar-refractivity contribution in [2.75, 3.05) is 33.7 Å². The van der Waals surface area contributed by atoms with Crippen LogP contribution in [0.25, 0.3) is 0 Å². The quantitative estimate of drug-likeness (QED) is 0.459. The predicted octanol–water partition coefficient (Wildman–Crippen LogP) is 5.87. The van der Waals surface area contributed by atoms with Crippen LogP contribution >= 0.6 is 0 Å². The van der Waals surface area contributed by atoms with E-state index < -0.39 is 0 Å². The molecule has 2 saturated carbocycles. The number of hydrogen-bond acceptors (Lipinski definition) is 4. The molecule has 4 fully saturated rings. The van der Waals surface area contributed by atoms with Gasteiger partial charge >= 0.3 is 0 Å². The summed E-state index contributed by atoms with van der Waals surface area (Å²) in [7, 11) is 4.39. The Morgan fingerprint density at radius 2 is 2.03 bits per heavy atom. The maximum absolute atomic E-state index is 12.2. The van der Waals surface area contributed by atoms with Crippen LogP contribution in [0.5, 0.6) is 0 Å². The molecule has 4 heteroatoms. The topological polar surface area (TPSA) is 32.8 Å². The summed E-state index contributed by atoms with van der Waals surface area (Å²) in [5.74, 6) is 3.99. The number of ketones is 1. The van der Waals surface area contributed by atoms with Gasteiger partial charge in [0.1, 0.15) is 5.78 Å². The first-order valence-electron chi connectivity index (χ1n) is 15.1. The number of hydrogen-bond donors (Lipinski definition) is 0. The molecule has 0 radical (unpaired) electrons. The second kappa shape index (κ2) is 9.06. The molecule has 0 bridgehead atoms. The van der Waals surface area contributed by atoms with Crippen LogP contribution in [0.1, 0.15) is 85.5 Å². The summed E-state index contributed by atoms with van der Waals surface area (Å²) in [6.07, 6.45) is 12.8. The van der Waals surface area contributed by atoms with Crippen LogP contribution in [0.3, 0.4) is 0 Å². The number of fused-ring (bicyclic) bond motifs is 6. The van der Waals surface area contributed by atoms with Crippen LogP contribution < -0.4 is 0 Å². The smallest absolute Gasteiger partial charge is 0.136 e. The molecule has 200 valence electrons. The number of allylic oxidation sites excluding steroid dienone is 3. The van der Waals surface area contributed by atoms with Crippen LogP contribution in [0.15, 0.2) is 22.8 Å². The zero-order valence-electron chi connectivity index (χ0n) is 23.8. The Bertz CT molecular complexity index is 967. The molecule has 0 amide bonds. The summed E-state index contributed by atoms with van der Waals surface area (Å²) in [4.78, 5) is 17.4. The van der Waals surface area contributed by atoms with E-state index in [-0.39, 0.29) is 11.0 Å². The molecule has 9 atom stereocenters. The minimum absolute atomic E-state index is 0.0174. The highest BCUT2D eigenvalue weighted by Gasteiger charge is 2.59. The first kappa shape index (κ1) is 25.3. The first-order chi connectivity index (χ1) is 17.1. The van der Waals surface area contributed by atoms with Gasteiger partial charge in [-0.25, -0.2) is 0 Å². The van der Waals surface area contributed by atoms with Crippen molar-refractivity contribution in [2.24, 2.45) is 35.0 Å². The molecule has 4 nitrogen and oxygen atoms in total. The zero-order valence-corrected chi connectivity index (χ0v) is 23.8. The van der Waals surface area contributed by atoms with E-state index in [1.165, 1.54) is 44.2 Å². The van der Waals surface area contributed by atoms with Crippen LogP contribution in [-0.4, -0.2) is 67.1 Å². The fourth-order valence-electron chi connectivity index (χ4n) is 10.0. The lowest BCUT2D eigenvalue weighted by atomic mass is 9.57. The molecule has 0 aromatic carbocycles. The monoisotopic (exact) mass is 494 g/mol. The molecule has 4 aliphatic carbocycles. The van der Waals surface area contributed by atoms with Gasteiger partial charge in [-0.05, 0) is 95.1 Å². The molecule has 1 spiro atoms. The number of carbonyl (C=O) groups excluding carboxylic acids is 1. The molecule has 0 aromatic rings. The highest BCUT2D eigenvalue weighted by atomic mass is 16.5. The van der Waals surface area contributed by atoms with Gasteiger partial charge in [0.25, 0.3) is 0 Å². The first-order valence-corrected chi connectivity index (χ1v) is 15.1. The Labute approximate surface area is 219 Å². The van der Waals surface area contributed by atoms with Gasteiger partial charge in [-0.3, -0.25) is 9.69 Å². The van der Waals surface area contributed by atoms with Gasteiger partial charge < -0.3 is 9.64 Å². The van der Waals surface area contributed by atoms with E-state index in [0.717, 1.165) is 56.5 Å². The lowest BCUT2D eigenvalue weighted by Gasteiger charge is -2.47. The van der Waals surface area contributed by atoms with E-state index in [9.17, 15) is 4.79 Å². The third-order valence-corrected chi connectivity index (χ3v) is 12.0. The summed E-state index contributed by atoms with van der Waals surface area (Å²) in [6, 6.07) is 0.573. The average Bonchev–Trinajstić information content (AvgIpc) is 3.28. The molecule has 6 aliphatic rings. The Morgan fingerprint density at radius 1 is 1.22 bits per heavy atom. The lowest BCUT2D eigenvalue weighted by Crippen LogP contribution is -2.53. The third-order valence-electron chi connectivity index (χ3n) is 12.0. The third kappa shape index (κ3) is 3.92. The van der Waals surface area contributed by atoms with Crippen molar-refractivity contribution in [1.82, 2.24) is 9.80 Å². The summed E-state index contributed by atoms with van der Waals surface area (Å²) in [5, 5.41) is 0. The Hall–Kier alpha value is -0.970. The van der Waals surface area contributed by atoms with E-state index in [1.54, 1.807) is 11.1 Å². The SMILES string of the molecule is CC1=C2C[C@H]3[C@@H](CC=C4CC(=O)CC[C@@]43C)[C@@H]2CC[C@@]2(C1)O[C@@H]1C[C@H](C)CN(CCN(C)C)[C@H]1[C@H]2C. The van der Waals surface area contributed by atoms with Gasteiger partial charge in [0, 0.05) is 44.4 Å². The Balaban J connectivity index is 1.25. The number of ether oxygens (including phenoxy) is 1. The maximum atomic E-state index is 12.2. The molecule has 2 saturated heterocycles. The molecule has 6 rings (SSSR count). The number of likely N-dealkylation sites (tertiary alicyclic amines) is 1. The highest BCUT2D eigenvalue weighted by Crippen LogP contribution is 2.63. The fourth-order valence-corrected chi connectivity index (χ4v) is 10.0. The van der Waals surface area contributed by atoms with Gasteiger partial charge in [0.2, 0.25) is 0 Å². The van der Waals surface area contributed by atoms with Crippen molar-refractivity contribution in [1.29, 1.82) is 0 Å². The molecule has 0 aromatic heterocycles. The average molecular weight is 495 g/mol. The summed E-state index contributed by atoms with van der Waals surface area (Å²) < 4.78 is 7.24. The number of rotatable bonds is 3. The maximum Gasteiger partial charge on any atom is 0.136 e. The van der Waals surface area contributed by atoms with Gasteiger partial charge in [0.15, 0.2) is 0 Å². The normalized spacial score (nSPS) is 46.9. The molecular formula is C32H50N2O2. The van der Waals surface area contributed by atoms with Crippen molar-refractivity contribution in [3.63, 3.8) is 0 Å². The summed E-state index contributed by atoms with van der Waals surface area (Å²) in [5.41, 5.74) is 5.20. The highest BCUT2D eigenvalue weighted by molar-refractivity contribution is 5.82. The second-order valence-corrected chi connectivity index (χ2v) is 14.3.